The molecule has 0 fully saturated rings. The molecule has 28 heavy (non-hydrogen) atoms. The highest BCUT2D eigenvalue weighted by Gasteiger charge is 2.07. The summed E-state index contributed by atoms with van der Waals surface area (Å²) in [5.74, 6) is -0.134. The van der Waals surface area contributed by atoms with Gasteiger partial charge in [0.1, 0.15) is 5.03 Å². The Morgan fingerprint density at radius 1 is 0.964 bits per heavy atom. The number of amides is 1. The first-order valence-electron chi connectivity index (χ1n) is 8.83. The molecule has 0 aliphatic heterocycles. The molecule has 2 aromatic carbocycles. The van der Waals surface area contributed by atoms with Gasteiger partial charge >= 0.3 is 0 Å². The molecule has 0 aliphatic carbocycles. The first-order valence-corrected chi connectivity index (χ1v) is 9.64. The number of nitrogens with zero attached hydrogens (tertiary/aromatic N) is 3. The number of hydrogen-bond acceptors (Lipinski definition) is 4. The van der Waals surface area contributed by atoms with Crippen LogP contribution in [0.2, 0.25) is 0 Å². The van der Waals surface area contributed by atoms with Crippen molar-refractivity contribution in [2.45, 2.75) is 16.5 Å². The minimum atomic E-state index is -0.134. The Hall–Kier alpha value is -3.38. The van der Waals surface area contributed by atoms with E-state index in [0.29, 0.717) is 12.1 Å². The summed E-state index contributed by atoms with van der Waals surface area (Å²) in [6, 6.07) is 23.0. The van der Waals surface area contributed by atoms with E-state index >= 15 is 0 Å². The van der Waals surface area contributed by atoms with Crippen LogP contribution in [0.15, 0.2) is 101 Å². The van der Waals surface area contributed by atoms with Crippen molar-refractivity contribution in [1.29, 1.82) is 0 Å². The van der Waals surface area contributed by atoms with Crippen LogP contribution >= 0.6 is 11.8 Å². The van der Waals surface area contributed by atoms with Gasteiger partial charge in [-0.15, -0.1) is 0 Å². The summed E-state index contributed by atoms with van der Waals surface area (Å²) in [5, 5.41) is 8.10. The van der Waals surface area contributed by atoms with E-state index in [1.165, 1.54) is 0 Å². The second kappa shape index (κ2) is 8.54. The zero-order valence-corrected chi connectivity index (χ0v) is 15.8. The van der Waals surface area contributed by atoms with Gasteiger partial charge < -0.3 is 5.32 Å². The molecule has 1 amide bonds. The van der Waals surface area contributed by atoms with E-state index < -0.39 is 0 Å². The summed E-state index contributed by atoms with van der Waals surface area (Å²) in [7, 11) is 0. The Labute approximate surface area is 167 Å². The van der Waals surface area contributed by atoms with Crippen LogP contribution in [-0.4, -0.2) is 20.7 Å². The van der Waals surface area contributed by atoms with Crippen molar-refractivity contribution in [2.24, 2.45) is 0 Å². The number of carbonyl (C=O) groups excluding carboxylic acids is 1. The second-order valence-corrected chi connectivity index (χ2v) is 7.25. The molecule has 2 heterocycles. The lowest BCUT2D eigenvalue weighted by Gasteiger charge is -2.08. The summed E-state index contributed by atoms with van der Waals surface area (Å²) in [6.45, 7) is 0.663. The lowest BCUT2D eigenvalue weighted by molar-refractivity contribution is 0.102. The monoisotopic (exact) mass is 386 g/mol. The summed E-state index contributed by atoms with van der Waals surface area (Å²) < 4.78 is 1.85. The molecule has 5 nitrogen and oxygen atoms in total. The first-order chi connectivity index (χ1) is 13.8. The normalized spacial score (nSPS) is 10.6. The van der Waals surface area contributed by atoms with Crippen LogP contribution in [0, 0.1) is 0 Å². The summed E-state index contributed by atoms with van der Waals surface area (Å²) in [4.78, 5) is 17.9. The number of aromatic nitrogens is 3. The molecular formula is C22H18N4OS. The quantitative estimate of drug-likeness (QED) is 0.520. The van der Waals surface area contributed by atoms with E-state index in [1.807, 2.05) is 83.7 Å². The Bertz CT molecular complexity index is 1050. The molecule has 4 aromatic rings. The summed E-state index contributed by atoms with van der Waals surface area (Å²) >= 11 is 1.56. The average molecular weight is 386 g/mol. The summed E-state index contributed by atoms with van der Waals surface area (Å²) in [5.41, 5.74) is 2.45. The van der Waals surface area contributed by atoms with E-state index in [-0.39, 0.29) is 5.91 Å². The van der Waals surface area contributed by atoms with E-state index in [2.05, 4.69) is 15.4 Å². The highest BCUT2D eigenvalue weighted by atomic mass is 32.2. The SMILES string of the molecule is O=C(Nc1cccc(Cn2cccn2)c1)c1ccc(Sc2ccccn2)cc1. The Morgan fingerprint density at radius 3 is 2.61 bits per heavy atom. The molecule has 4 rings (SSSR count). The minimum absolute atomic E-state index is 0.134. The molecule has 0 unspecified atom stereocenters. The van der Waals surface area contributed by atoms with Crippen LogP contribution in [0.25, 0.3) is 0 Å². The van der Waals surface area contributed by atoms with Crippen molar-refractivity contribution in [3.8, 4) is 0 Å². The fraction of sp³-hybridized carbons (Fsp3) is 0.0455. The van der Waals surface area contributed by atoms with Crippen molar-refractivity contribution in [2.75, 3.05) is 5.32 Å². The molecule has 1 N–H and O–H groups in total. The van der Waals surface area contributed by atoms with E-state index in [4.69, 9.17) is 0 Å². The van der Waals surface area contributed by atoms with Gasteiger partial charge in [-0.3, -0.25) is 9.48 Å². The predicted octanol–water partition coefficient (Wildman–Crippen LogP) is 4.73. The van der Waals surface area contributed by atoms with Crippen LogP contribution in [-0.2, 0) is 6.54 Å². The average Bonchev–Trinajstić information content (AvgIpc) is 3.23. The van der Waals surface area contributed by atoms with E-state index in [0.717, 1.165) is 21.2 Å². The molecule has 0 radical (unpaired) electrons. The minimum Gasteiger partial charge on any atom is -0.322 e. The molecule has 0 bridgehead atoms. The first kappa shape index (κ1) is 18.0. The number of hydrogen-bond donors (Lipinski definition) is 1. The molecule has 0 spiro atoms. The van der Waals surface area contributed by atoms with Crippen LogP contribution in [0.3, 0.4) is 0 Å². The number of pyridine rings is 1. The molecule has 6 heteroatoms. The number of anilines is 1. The predicted molar refractivity (Wildman–Crippen MR) is 111 cm³/mol. The van der Waals surface area contributed by atoms with Gasteiger partial charge in [0, 0.05) is 34.7 Å². The highest BCUT2D eigenvalue weighted by Crippen LogP contribution is 2.25. The zero-order chi connectivity index (χ0) is 19.2. The largest absolute Gasteiger partial charge is 0.322 e. The standard InChI is InChI=1S/C22H18N4OS/c27-22(18-8-10-20(11-9-18)28-21-7-1-2-12-23-21)25-19-6-3-5-17(15-19)16-26-14-4-13-24-26/h1-15H,16H2,(H,25,27). The lowest BCUT2D eigenvalue weighted by Crippen LogP contribution is -2.12. The van der Waals surface area contributed by atoms with Crippen molar-refractivity contribution in [3.05, 3.63) is 103 Å². The fourth-order valence-electron chi connectivity index (χ4n) is 2.73. The second-order valence-electron chi connectivity index (χ2n) is 6.15. The van der Waals surface area contributed by atoms with Crippen LogP contribution < -0.4 is 5.32 Å². The maximum Gasteiger partial charge on any atom is 0.255 e. The third-order valence-electron chi connectivity index (χ3n) is 4.07. The molecule has 0 atom stereocenters. The van der Waals surface area contributed by atoms with Gasteiger partial charge in [0.05, 0.1) is 6.54 Å². The van der Waals surface area contributed by atoms with Crippen LogP contribution in [0.4, 0.5) is 5.69 Å². The van der Waals surface area contributed by atoms with E-state index in [9.17, 15) is 4.79 Å². The third kappa shape index (κ3) is 4.66. The maximum atomic E-state index is 12.6. The molecule has 2 aromatic heterocycles. The third-order valence-corrected chi connectivity index (χ3v) is 5.02. The number of carbonyl (C=O) groups is 1. The lowest BCUT2D eigenvalue weighted by atomic mass is 10.1. The van der Waals surface area contributed by atoms with Crippen LogP contribution in [0.1, 0.15) is 15.9 Å². The fourth-order valence-corrected chi connectivity index (χ4v) is 3.51. The zero-order valence-electron chi connectivity index (χ0n) is 15.0. The maximum absolute atomic E-state index is 12.6. The number of nitrogens with one attached hydrogen (secondary N) is 1. The van der Waals surface area contributed by atoms with Gasteiger partial charge in [-0.05, 0) is 60.2 Å². The molecule has 138 valence electrons. The van der Waals surface area contributed by atoms with Gasteiger partial charge in [-0.2, -0.15) is 5.10 Å². The van der Waals surface area contributed by atoms with Crippen molar-refractivity contribution in [3.63, 3.8) is 0 Å². The van der Waals surface area contributed by atoms with Crippen molar-refractivity contribution < 1.29 is 4.79 Å². The van der Waals surface area contributed by atoms with Crippen LogP contribution in [0.5, 0.6) is 0 Å². The van der Waals surface area contributed by atoms with Gasteiger partial charge in [0.25, 0.3) is 5.91 Å². The highest BCUT2D eigenvalue weighted by molar-refractivity contribution is 7.99. The van der Waals surface area contributed by atoms with Crippen molar-refractivity contribution >= 4 is 23.4 Å². The van der Waals surface area contributed by atoms with Gasteiger partial charge in [-0.25, -0.2) is 4.98 Å². The van der Waals surface area contributed by atoms with Gasteiger partial charge in [0.2, 0.25) is 0 Å². The molecule has 0 saturated carbocycles. The molecule has 0 saturated heterocycles. The number of benzene rings is 2. The van der Waals surface area contributed by atoms with Crippen molar-refractivity contribution in [1.82, 2.24) is 14.8 Å². The topological polar surface area (TPSA) is 59.8 Å². The smallest absolute Gasteiger partial charge is 0.255 e. The molecular weight excluding hydrogens is 368 g/mol. The Balaban J connectivity index is 1.41. The van der Waals surface area contributed by atoms with Gasteiger partial charge in [0.15, 0.2) is 0 Å². The van der Waals surface area contributed by atoms with E-state index in [1.54, 1.807) is 24.2 Å². The Morgan fingerprint density at radius 2 is 1.86 bits per heavy atom. The number of rotatable bonds is 6. The molecule has 0 aliphatic rings. The van der Waals surface area contributed by atoms with Gasteiger partial charge in [-0.1, -0.05) is 30.0 Å². The summed E-state index contributed by atoms with van der Waals surface area (Å²) in [6.07, 6.45) is 5.43. The Kier molecular flexibility index (Phi) is 5.49.